The van der Waals surface area contributed by atoms with Gasteiger partial charge in [0.1, 0.15) is 5.54 Å². The highest BCUT2D eigenvalue weighted by Gasteiger charge is 2.52. The van der Waals surface area contributed by atoms with E-state index >= 15 is 0 Å². The first-order chi connectivity index (χ1) is 16.8. The molecule has 3 aromatic carbocycles. The first-order valence-electron chi connectivity index (χ1n) is 11.4. The highest BCUT2D eigenvalue weighted by molar-refractivity contribution is 9.10. The molecule has 1 atom stereocenters. The topological polar surface area (TPSA) is 113 Å². The minimum absolute atomic E-state index is 0.147. The molecule has 0 bridgehead atoms. The Kier molecular flexibility index (Phi) is 5.84. The summed E-state index contributed by atoms with van der Waals surface area (Å²) in [7, 11) is 0. The zero-order valence-corrected chi connectivity index (χ0v) is 20.4. The number of halogens is 1. The third-order valence-corrected chi connectivity index (χ3v) is 7.64. The summed E-state index contributed by atoms with van der Waals surface area (Å²) >= 11 is 3.37. The lowest BCUT2D eigenvalue weighted by atomic mass is 9.80. The van der Waals surface area contributed by atoms with E-state index in [0.29, 0.717) is 23.7 Å². The van der Waals surface area contributed by atoms with Crippen molar-refractivity contribution in [3.8, 4) is 11.1 Å². The van der Waals surface area contributed by atoms with Gasteiger partial charge in [-0.15, -0.1) is 0 Å². The molecule has 0 radical (unpaired) electrons. The van der Waals surface area contributed by atoms with Crippen LogP contribution in [0.4, 0.5) is 10.5 Å². The van der Waals surface area contributed by atoms with Gasteiger partial charge in [0, 0.05) is 16.9 Å². The maximum atomic E-state index is 14.0. The molecule has 1 fully saturated rings. The fraction of sp³-hybridized carbons (Fsp3) is 0.222. The predicted molar refractivity (Wildman–Crippen MR) is 136 cm³/mol. The molecule has 1 unspecified atom stereocenters. The summed E-state index contributed by atoms with van der Waals surface area (Å²) in [5.74, 6) is -1.28. The molecule has 7 nitrogen and oxygen atoms in total. The van der Waals surface area contributed by atoms with E-state index in [-0.39, 0.29) is 23.7 Å². The summed E-state index contributed by atoms with van der Waals surface area (Å²) in [5.41, 5.74) is 9.00. The number of anilines is 1. The smallest absolute Gasteiger partial charge is 0.408 e. The quantitative estimate of drug-likeness (QED) is 0.418. The largest absolute Gasteiger partial charge is 0.465 e. The minimum atomic E-state index is -1.31. The van der Waals surface area contributed by atoms with Gasteiger partial charge in [0.2, 0.25) is 0 Å². The molecular formula is C27H24BrN3O4. The van der Waals surface area contributed by atoms with Gasteiger partial charge in [0.25, 0.3) is 11.8 Å². The number of nitrogens with one attached hydrogen (secondary N) is 1. The molecule has 8 heteroatoms. The van der Waals surface area contributed by atoms with Gasteiger partial charge in [0.05, 0.1) is 11.3 Å². The van der Waals surface area contributed by atoms with Crippen molar-refractivity contribution in [2.24, 2.45) is 5.73 Å². The number of nitrogens with zero attached hydrogens (tertiary/aromatic N) is 1. The van der Waals surface area contributed by atoms with E-state index in [0.717, 1.165) is 22.3 Å². The van der Waals surface area contributed by atoms with Gasteiger partial charge in [-0.25, -0.2) is 4.79 Å². The Morgan fingerprint density at radius 2 is 1.66 bits per heavy atom. The summed E-state index contributed by atoms with van der Waals surface area (Å²) in [6.07, 6.45) is 0.101. The molecule has 5 rings (SSSR count). The summed E-state index contributed by atoms with van der Waals surface area (Å²) in [6, 6.07) is 20.9. The van der Waals surface area contributed by atoms with Gasteiger partial charge in [-0.3, -0.25) is 14.5 Å². The number of benzene rings is 3. The fourth-order valence-corrected chi connectivity index (χ4v) is 5.95. The van der Waals surface area contributed by atoms with Crippen molar-refractivity contribution in [3.05, 3.63) is 87.9 Å². The van der Waals surface area contributed by atoms with Gasteiger partial charge >= 0.3 is 6.09 Å². The zero-order valence-electron chi connectivity index (χ0n) is 18.8. The van der Waals surface area contributed by atoms with E-state index in [1.54, 1.807) is 12.1 Å². The van der Waals surface area contributed by atoms with Crippen LogP contribution in [-0.2, 0) is 4.79 Å². The Bertz CT molecular complexity index is 1310. The van der Waals surface area contributed by atoms with E-state index in [1.807, 2.05) is 36.4 Å². The molecule has 1 aliphatic heterocycles. The molecule has 0 aromatic heterocycles. The first-order valence-corrected chi connectivity index (χ1v) is 12.2. The van der Waals surface area contributed by atoms with E-state index in [4.69, 9.17) is 5.73 Å². The van der Waals surface area contributed by atoms with Crippen molar-refractivity contribution in [2.45, 2.75) is 30.7 Å². The van der Waals surface area contributed by atoms with Crippen LogP contribution in [0.3, 0.4) is 0 Å². The molecule has 0 saturated carbocycles. The van der Waals surface area contributed by atoms with Gasteiger partial charge in [-0.2, -0.15) is 0 Å². The number of carbonyl (C=O) groups is 3. The van der Waals surface area contributed by atoms with Crippen molar-refractivity contribution in [1.82, 2.24) is 4.90 Å². The molecule has 0 spiro atoms. The van der Waals surface area contributed by atoms with E-state index < -0.39 is 23.4 Å². The molecule has 3 aromatic rings. The third kappa shape index (κ3) is 3.87. The summed E-state index contributed by atoms with van der Waals surface area (Å²) in [4.78, 5) is 39.5. The van der Waals surface area contributed by atoms with Crippen LogP contribution in [0.15, 0.2) is 71.2 Å². The summed E-state index contributed by atoms with van der Waals surface area (Å²) in [6.45, 7) is 0.264. The Labute approximate surface area is 211 Å². The predicted octanol–water partition coefficient (Wildman–Crippen LogP) is 5.20. The standard InChI is InChI=1S/C27H24BrN3O4/c28-16-10-11-21(24(29)32)23(14-16)30-25(33)27(12-5-13-31(27)26(34)35)15-22-19-8-3-1-6-17(19)18-7-2-4-9-20(18)22/h1-4,6-11,14,22H,5,12-13,15H2,(H2,29,32)(H,30,33)(H,34,35). The highest BCUT2D eigenvalue weighted by Crippen LogP contribution is 2.50. The average Bonchev–Trinajstić information content (AvgIpc) is 3.40. The van der Waals surface area contributed by atoms with E-state index in [2.05, 4.69) is 33.4 Å². The third-order valence-electron chi connectivity index (χ3n) is 7.14. The number of amides is 3. The van der Waals surface area contributed by atoms with Crippen molar-refractivity contribution in [3.63, 3.8) is 0 Å². The number of primary amides is 1. The van der Waals surface area contributed by atoms with Gasteiger partial charge in [-0.1, -0.05) is 64.5 Å². The Balaban J connectivity index is 1.58. The lowest BCUT2D eigenvalue weighted by molar-refractivity contribution is -0.126. The zero-order chi connectivity index (χ0) is 24.7. The van der Waals surface area contributed by atoms with Crippen LogP contribution in [0.2, 0.25) is 0 Å². The molecule has 1 aliphatic carbocycles. The molecule has 3 amide bonds. The Morgan fingerprint density at radius 1 is 1.03 bits per heavy atom. The van der Waals surface area contributed by atoms with E-state index in [9.17, 15) is 19.5 Å². The fourth-order valence-electron chi connectivity index (χ4n) is 5.59. The lowest BCUT2D eigenvalue weighted by Gasteiger charge is -2.38. The monoisotopic (exact) mass is 533 g/mol. The lowest BCUT2D eigenvalue weighted by Crippen LogP contribution is -2.56. The molecule has 178 valence electrons. The van der Waals surface area contributed by atoms with Crippen LogP contribution in [0.5, 0.6) is 0 Å². The number of hydrogen-bond donors (Lipinski definition) is 3. The van der Waals surface area contributed by atoms with Crippen molar-refractivity contribution in [1.29, 1.82) is 0 Å². The van der Waals surface area contributed by atoms with Crippen LogP contribution >= 0.6 is 15.9 Å². The van der Waals surface area contributed by atoms with Gasteiger partial charge < -0.3 is 16.2 Å². The number of carboxylic acid groups (broad SMARTS) is 1. The molecule has 35 heavy (non-hydrogen) atoms. The highest BCUT2D eigenvalue weighted by atomic mass is 79.9. The molecule has 2 aliphatic rings. The first kappa shape index (κ1) is 23.1. The normalized spacial score (nSPS) is 18.7. The Hall–Kier alpha value is -3.65. The number of hydrogen-bond acceptors (Lipinski definition) is 3. The minimum Gasteiger partial charge on any atom is -0.465 e. The number of carbonyl (C=O) groups excluding carboxylic acids is 2. The second kappa shape index (κ2) is 8.85. The van der Waals surface area contributed by atoms with E-state index in [1.165, 1.54) is 11.0 Å². The number of nitrogens with two attached hydrogens (primary N) is 1. The molecule has 1 heterocycles. The average molecular weight is 534 g/mol. The van der Waals surface area contributed by atoms with Crippen LogP contribution in [0.1, 0.15) is 46.7 Å². The second-order valence-electron chi connectivity index (χ2n) is 9.01. The number of likely N-dealkylation sites (tertiary alicyclic amines) is 1. The van der Waals surface area contributed by atoms with Crippen LogP contribution in [-0.4, -0.2) is 40.0 Å². The summed E-state index contributed by atoms with van der Waals surface area (Å²) < 4.78 is 0.659. The SMILES string of the molecule is NC(=O)c1ccc(Br)cc1NC(=O)C1(CC2c3ccccc3-c3ccccc32)CCCN1C(=O)O. The van der Waals surface area contributed by atoms with Crippen LogP contribution < -0.4 is 11.1 Å². The van der Waals surface area contributed by atoms with Crippen molar-refractivity contribution >= 4 is 39.5 Å². The van der Waals surface area contributed by atoms with Crippen molar-refractivity contribution in [2.75, 3.05) is 11.9 Å². The van der Waals surface area contributed by atoms with Gasteiger partial charge in [-0.05, 0) is 59.7 Å². The second-order valence-corrected chi connectivity index (χ2v) is 9.92. The van der Waals surface area contributed by atoms with Crippen LogP contribution in [0.25, 0.3) is 11.1 Å². The summed E-state index contributed by atoms with van der Waals surface area (Å²) in [5, 5.41) is 12.9. The number of rotatable bonds is 5. The molecule has 4 N–H and O–H groups in total. The molecular weight excluding hydrogens is 510 g/mol. The van der Waals surface area contributed by atoms with Crippen LogP contribution in [0, 0.1) is 0 Å². The number of fused-ring (bicyclic) bond motifs is 3. The maximum Gasteiger partial charge on any atom is 0.408 e. The van der Waals surface area contributed by atoms with Crippen molar-refractivity contribution < 1.29 is 19.5 Å². The van der Waals surface area contributed by atoms with Gasteiger partial charge in [0.15, 0.2) is 0 Å². The maximum absolute atomic E-state index is 14.0. The Morgan fingerprint density at radius 3 is 2.26 bits per heavy atom. The molecule has 1 saturated heterocycles.